The predicted molar refractivity (Wildman–Crippen MR) is 159 cm³/mol. The van der Waals surface area contributed by atoms with Crippen molar-refractivity contribution in [1.29, 1.82) is 0 Å². The molecule has 0 unspecified atom stereocenters. The number of nitrogens with one attached hydrogen (secondary N) is 2. The van der Waals surface area contributed by atoms with Gasteiger partial charge in [0.05, 0.1) is 16.6 Å². The summed E-state index contributed by atoms with van der Waals surface area (Å²) in [7, 11) is 0. The summed E-state index contributed by atoms with van der Waals surface area (Å²) in [5.41, 5.74) is 1.35. The van der Waals surface area contributed by atoms with Crippen molar-refractivity contribution in [2.75, 3.05) is 16.8 Å². The lowest BCUT2D eigenvalue weighted by Gasteiger charge is -2.31. The third kappa shape index (κ3) is 5.32. The molecule has 208 valence electrons. The van der Waals surface area contributed by atoms with Crippen LogP contribution in [-0.2, 0) is 14.4 Å². The van der Waals surface area contributed by atoms with Crippen LogP contribution in [-0.4, -0.2) is 34.6 Å². The molecule has 4 aromatic rings. The molecule has 0 radical (unpaired) electrons. The van der Waals surface area contributed by atoms with Crippen molar-refractivity contribution < 1.29 is 23.5 Å². The Hall–Kier alpha value is -3.45. The first-order valence-electron chi connectivity index (χ1n) is 12.2. The molecular weight excluding hydrogens is 657 g/mol. The number of carbonyl (C=O) groups is 3. The fraction of sp³-hybridized carbons (Fsp3) is 0.143. The minimum absolute atomic E-state index is 0.307. The molecule has 2 aliphatic rings. The van der Waals surface area contributed by atoms with E-state index >= 15 is 0 Å². The number of amides is 3. The molecule has 8 nitrogen and oxygen atoms in total. The van der Waals surface area contributed by atoms with Crippen LogP contribution in [0.15, 0.2) is 81.0 Å². The van der Waals surface area contributed by atoms with E-state index in [2.05, 4.69) is 26.2 Å². The largest absolute Gasteiger partial charge is 0.483 e. The molecule has 3 heterocycles. The summed E-state index contributed by atoms with van der Waals surface area (Å²) in [5, 5.41) is 2.84. The number of thiazole rings is 1. The number of halogens is 3. The number of anilines is 2. The van der Waals surface area contributed by atoms with Gasteiger partial charge in [-0.25, -0.2) is 9.29 Å². The minimum atomic E-state index is -0.841. The quantitative estimate of drug-likeness (QED) is 0.250. The van der Waals surface area contributed by atoms with Crippen molar-refractivity contribution in [3.63, 3.8) is 0 Å². The zero-order valence-corrected chi connectivity index (χ0v) is 24.7. The molecular formula is C28H18BrClFN3O5S2. The maximum atomic E-state index is 14.0. The fourth-order valence-corrected chi connectivity index (χ4v) is 7.98. The van der Waals surface area contributed by atoms with Gasteiger partial charge in [0.15, 0.2) is 6.61 Å². The summed E-state index contributed by atoms with van der Waals surface area (Å²) >= 11 is 11.6. The van der Waals surface area contributed by atoms with E-state index in [1.807, 2.05) is 0 Å². The van der Waals surface area contributed by atoms with E-state index in [0.717, 1.165) is 28.0 Å². The van der Waals surface area contributed by atoms with Gasteiger partial charge in [-0.3, -0.25) is 19.2 Å². The number of fused-ring (bicyclic) bond motifs is 2. The Balaban J connectivity index is 1.36. The predicted octanol–water partition coefficient (Wildman–Crippen LogP) is 5.80. The van der Waals surface area contributed by atoms with E-state index in [1.165, 1.54) is 24.3 Å². The van der Waals surface area contributed by atoms with E-state index < -0.39 is 40.6 Å². The van der Waals surface area contributed by atoms with Crippen LogP contribution in [0.3, 0.4) is 0 Å². The molecule has 3 atom stereocenters. The van der Waals surface area contributed by atoms with Gasteiger partial charge < -0.3 is 15.0 Å². The molecule has 3 aromatic carbocycles. The van der Waals surface area contributed by atoms with E-state index in [4.69, 9.17) is 16.3 Å². The second-order valence-electron chi connectivity index (χ2n) is 9.26. The van der Waals surface area contributed by atoms with Crippen molar-refractivity contribution in [3.05, 3.63) is 102 Å². The number of H-pyrrole nitrogens is 1. The van der Waals surface area contributed by atoms with Gasteiger partial charge in [0.1, 0.15) is 16.8 Å². The Labute approximate surface area is 254 Å². The molecule has 0 aliphatic carbocycles. The van der Waals surface area contributed by atoms with Gasteiger partial charge in [-0.2, -0.15) is 0 Å². The summed E-state index contributed by atoms with van der Waals surface area (Å²) < 4.78 is 19.8. The second-order valence-corrected chi connectivity index (χ2v) is 12.8. The molecule has 2 aliphatic heterocycles. The number of aromatic nitrogens is 1. The standard InChI is InChI=1S/C28H18BrClFN3O5S2/c29-13-1-10-19(39-12-20(35)32-16-6-4-15(31)5-7-16)18(11-13)21-22-24(40-25-23(21)41-28(38)33-25)27(37)34(26(22)36)17-8-2-14(30)3-9-17/h1-11,21-22,24H,12H2,(H,32,35)(H,33,38)/t21-,22-,24+/m0/s1. The lowest BCUT2D eigenvalue weighted by atomic mass is 9.82. The number of thioether (sulfide) groups is 1. The van der Waals surface area contributed by atoms with Crippen LogP contribution in [0.4, 0.5) is 15.8 Å². The second kappa shape index (κ2) is 11.1. The number of ether oxygens (including phenoxy) is 1. The maximum Gasteiger partial charge on any atom is 0.305 e. The average molecular weight is 675 g/mol. The smallest absolute Gasteiger partial charge is 0.305 e. The number of rotatable bonds is 6. The normalized spacial score (nSPS) is 19.6. The van der Waals surface area contributed by atoms with Crippen LogP contribution < -0.4 is 19.8 Å². The van der Waals surface area contributed by atoms with Gasteiger partial charge in [-0.05, 0) is 66.7 Å². The maximum absolute atomic E-state index is 14.0. The van der Waals surface area contributed by atoms with Crippen LogP contribution in [0, 0.1) is 11.7 Å². The van der Waals surface area contributed by atoms with Gasteiger partial charge in [-0.15, -0.1) is 0 Å². The monoisotopic (exact) mass is 673 g/mol. The van der Waals surface area contributed by atoms with Gasteiger partial charge in [0.2, 0.25) is 11.8 Å². The first kappa shape index (κ1) is 27.7. The van der Waals surface area contributed by atoms with Crippen LogP contribution in [0.25, 0.3) is 0 Å². The highest BCUT2D eigenvalue weighted by Gasteiger charge is 2.56. The number of imide groups is 1. The van der Waals surface area contributed by atoms with Crippen LogP contribution >= 0.6 is 50.6 Å². The first-order chi connectivity index (χ1) is 19.7. The zero-order valence-electron chi connectivity index (χ0n) is 20.7. The van der Waals surface area contributed by atoms with Crippen molar-refractivity contribution in [2.45, 2.75) is 16.2 Å². The Bertz CT molecular complexity index is 1740. The highest BCUT2D eigenvalue weighted by molar-refractivity contribution is 9.10. The highest BCUT2D eigenvalue weighted by Crippen LogP contribution is 2.54. The van der Waals surface area contributed by atoms with Crippen LogP contribution in [0.5, 0.6) is 5.75 Å². The fourth-order valence-electron chi connectivity index (χ4n) is 4.96. The van der Waals surface area contributed by atoms with E-state index in [-0.39, 0.29) is 11.5 Å². The van der Waals surface area contributed by atoms with Crippen LogP contribution in [0.2, 0.25) is 5.02 Å². The molecule has 2 N–H and O–H groups in total. The van der Waals surface area contributed by atoms with Crippen molar-refractivity contribution in [1.82, 2.24) is 4.98 Å². The topological polar surface area (TPSA) is 109 Å². The number of hydrogen-bond donors (Lipinski definition) is 2. The summed E-state index contributed by atoms with van der Waals surface area (Å²) in [6, 6.07) is 16.9. The van der Waals surface area contributed by atoms with Crippen molar-refractivity contribution in [3.8, 4) is 5.75 Å². The Morgan fingerprint density at radius 3 is 2.51 bits per heavy atom. The molecule has 1 aromatic heterocycles. The number of carbonyl (C=O) groups excluding carboxylic acids is 3. The zero-order chi connectivity index (χ0) is 28.8. The van der Waals surface area contributed by atoms with Crippen molar-refractivity contribution in [2.24, 2.45) is 5.92 Å². The van der Waals surface area contributed by atoms with E-state index in [1.54, 1.807) is 42.5 Å². The number of nitrogens with zero attached hydrogens (tertiary/aromatic N) is 1. The first-order valence-corrected chi connectivity index (χ1v) is 15.1. The summed E-state index contributed by atoms with van der Waals surface area (Å²) in [4.78, 5) is 56.9. The lowest BCUT2D eigenvalue weighted by Crippen LogP contribution is -2.32. The molecule has 41 heavy (non-hydrogen) atoms. The molecule has 0 bridgehead atoms. The Morgan fingerprint density at radius 2 is 1.78 bits per heavy atom. The molecule has 1 saturated heterocycles. The average Bonchev–Trinajstić information content (AvgIpc) is 3.44. The molecule has 6 rings (SSSR count). The van der Waals surface area contributed by atoms with Crippen molar-refractivity contribution >= 4 is 79.7 Å². The Morgan fingerprint density at radius 1 is 1.05 bits per heavy atom. The highest BCUT2D eigenvalue weighted by atomic mass is 79.9. The molecule has 13 heteroatoms. The van der Waals surface area contributed by atoms with Gasteiger partial charge >= 0.3 is 4.87 Å². The Kier molecular flexibility index (Phi) is 7.49. The number of aromatic amines is 1. The van der Waals surface area contributed by atoms with E-state index in [0.29, 0.717) is 42.1 Å². The van der Waals surface area contributed by atoms with Gasteiger partial charge in [0, 0.05) is 31.5 Å². The van der Waals surface area contributed by atoms with Crippen LogP contribution in [0.1, 0.15) is 16.4 Å². The SMILES string of the molecule is O=C(COc1ccc(Br)cc1[C@@H]1c2sc(=O)[nH]c2S[C@H]2C(=O)N(c3ccc(Cl)cc3)C(=O)[C@@H]12)Nc1ccc(F)cc1. The molecule has 3 amide bonds. The number of hydrogen-bond acceptors (Lipinski definition) is 7. The summed E-state index contributed by atoms with van der Waals surface area (Å²) in [6.45, 7) is -0.373. The molecule has 0 spiro atoms. The number of benzene rings is 3. The molecule has 0 saturated carbocycles. The van der Waals surface area contributed by atoms with E-state index in [9.17, 15) is 23.6 Å². The van der Waals surface area contributed by atoms with Gasteiger partial charge in [0.25, 0.3) is 5.91 Å². The minimum Gasteiger partial charge on any atom is -0.483 e. The lowest BCUT2D eigenvalue weighted by molar-refractivity contribution is -0.122. The third-order valence-electron chi connectivity index (χ3n) is 6.70. The molecule has 1 fully saturated rings. The summed E-state index contributed by atoms with van der Waals surface area (Å²) in [6.07, 6.45) is 0. The van der Waals surface area contributed by atoms with Gasteiger partial charge in [-0.1, -0.05) is 50.6 Å². The summed E-state index contributed by atoms with van der Waals surface area (Å²) in [5.74, 6) is -2.94. The third-order valence-corrected chi connectivity index (χ3v) is 9.85.